The number of carbonyl (C=O) groups is 2. The molecule has 0 saturated carbocycles. The van der Waals surface area contributed by atoms with Crippen molar-refractivity contribution in [3.05, 3.63) is 12.2 Å². The zero-order valence-corrected chi connectivity index (χ0v) is 11.5. The van der Waals surface area contributed by atoms with Crippen molar-refractivity contribution in [2.24, 2.45) is 5.92 Å². The summed E-state index contributed by atoms with van der Waals surface area (Å²) in [4.78, 5) is 24.6. The van der Waals surface area contributed by atoms with E-state index >= 15 is 0 Å². The zero-order chi connectivity index (χ0) is 14.1. The van der Waals surface area contributed by atoms with Crippen LogP contribution >= 0.6 is 0 Å². The first-order valence-corrected chi connectivity index (χ1v) is 6.06. The first kappa shape index (κ1) is 14.7. The zero-order valence-electron chi connectivity index (χ0n) is 11.5. The average Bonchev–Trinajstić information content (AvgIpc) is 2.56. The molecule has 2 amide bonds. The number of rotatable bonds is 2. The molecule has 1 aliphatic heterocycles. The summed E-state index contributed by atoms with van der Waals surface area (Å²) in [6.07, 6.45) is 1.32. The van der Waals surface area contributed by atoms with E-state index in [4.69, 9.17) is 4.74 Å². The van der Waals surface area contributed by atoms with E-state index in [2.05, 4.69) is 0 Å². The van der Waals surface area contributed by atoms with E-state index < -0.39 is 29.7 Å². The monoisotopic (exact) mass is 255 g/mol. The van der Waals surface area contributed by atoms with Crippen molar-refractivity contribution in [2.45, 2.75) is 52.4 Å². The van der Waals surface area contributed by atoms with Crippen molar-refractivity contribution in [1.29, 1.82) is 0 Å². The minimum Gasteiger partial charge on any atom is -0.443 e. The number of ether oxygens (including phenoxy) is 1. The van der Waals surface area contributed by atoms with E-state index in [1.54, 1.807) is 20.8 Å². The van der Waals surface area contributed by atoms with Gasteiger partial charge in [0.15, 0.2) is 0 Å². The van der Waals surface area contributed by atoms with Crippen LogP contribution in [0.3, 0.4) is 0 Å². The summed E-state index contributed by atoms with van der Waals surface area (Å²) in [5, 5.41) is 10.0. The van der Waals surface area contributed by atoms with Crippen molar-refractivity contribution >= 4 is 12.0 Å². The highest BCUT2D eigenvalue weighted by Gasteiger charge is 2.39. The van der Waals surface area contributed by atoms with Gasteiger partial charge in [-0.2, -0.15) is 0 Å². The predicted octanol–water partition coefficient (Wildman–Crippen LogP) is 1.71. The van der Waals surface area contributed by atoms with Gasteiger partial charge in [-0.3, -0.25) is 4.79 Å². The highest BCUT2D eigenvalue weighted by atomic mass is 16.6. The topological polar surface area (TPSA) is 66.8 Å². The Bertz CT molecular complexity index is 368. The van der Waals surface area contributed by atoms with Gasteiger partial charge in [-0.15, -0.1) is 0 Å². The molecular formula is C13H21NO4. The molecule has 0 bridgehead atoms. The number of aliphatic hydroxyl groups excluding tert-OH is 1. The minimum atomic E-state index is -0.791. The highest BCUT2D eigenvalue weighted by Crippen LogP contribution is 2.22. The Kier molecular flexibility index (Phi) is 4.16. The third-order valence-electron chi connectivity index (χ3n) is 2.59. The number of hydrogen-bond acceptors (Lipinski definition) is 4. The van der Waals surface area contributed by atoms with Gasteiger partial charge in [0.05, 0.1) is 12.1 Å². The number of hydrogen-bond donors (Lipinski definition) is 1. The molecule has 18 heavy (non-hydrogen) atoms. The molecule has 5 heteroatoms. The van der Waals surface area contributed by atoms with Gasteiger partial charge in [-0.25, -0.2) is 9.69 Å². The Morgan fingerprint density at radius 2 is 2.00 bits per heavy atom. The van der Waals surface area contributed by atoms with E-state index in [1.807, 2.05) is 13.8 Å². The van der Waals surface area contributed by atoms with Crippen LogP contribution in [0.5, 0.6) is 0 Å². The van der Waals surface area contributed by atoms with Crippen LogP contribution in [0.1, 0.15) is 34.6 Å². The molecule has 1 N–H and O–H groups in total. The quantitative estimate of drug-likeness (QED) is 0.815. The third-order valence-corrected chi connectivity index (χ3v) is 2.59. The second kappa shape index (κ2) is 5.10. The maximum atomic E-state index is 11.9. The molecule has 5 nitrogen and oxygen atoms in total. The summed E-state index contributed by atoms with van der Waals surface area (Å²) < 4.78 is 5.17. The Morgan fingerprint density at radius 1 is 1.44 bits per heavy atom. The molecule has 0 aromatic carbocycles. The minimum absolute atomic E-state index is 0.0597. The van der Waals surface area contributed by atoms with Gasteiger partial charge in [0, 0.05) is 6.08 Å². The number of nitrogens with zero attached hydrogens (tertiary/aromatic N) is 1. The highest BCUT2D eigenvalue weighted by molar-refractivity contribution is 6.01. The largest absolute Gasteiger partial charge is 0.443 e. The van der Waals surface area contributed by atoms with Crippen LogP contribution in [0.2, 0.25) is 0 Å². The lowest BCUT2D eigenvalue weighted by Gasteiger charge is -2.30. The van der Waals surface area contributed by atoms with Gasteiger partial charge >= 0.3 is 6.09 Å². The Balaban J connectivity index is 2.85. The number of amides is 2. The van der Waals surface area contributed by atoms with Crippen LogP contribution in [0.25, 0.3) is 0 Å². The first-order valence-electron chi connectivity index (χ1n) is 6.06. The second-order valence-electron chi connectivity index (χ2n) is 5.77. The Labute approximate surface area is 107 Å². The van der Waals surface area contributed by atoms with Crippen LogP contribution < -0.4 is 0 Å². The molecule has 2 atom stereocenters. The fraction of sp³-hybridized carbons (Fsp3) is 0.692. The average molecular weight is 255 g/mol. The lowest BCUT2D eigenvalue weighted by Crippen LogP contribution is -2.48. The molecule has 0 fully saturated rings. The molecule has 1 heterocycles. The summed E-state index contributed by atoms with van der Waals surface area (Å²) in [5.41, 5.74) is -0.673. The number of imide groups is 1. The van der Waals surface area contributed by atoms with Crippen LogP contribution in [0.4, 0.5) is 4.79 Å². The normalized spacial score (nSPS) is 21.6. The van der Waals surface area contributed by atoms with Crippen molar-refractivity contribution in [1.82, 2.24) is 4.90 Å². The standard InChI is InChI=1S/C13H21NO4/c1-8(2)11(16)9-6-7-10(15)14(9)12(17)18-13(3,4)5/h6-9,11,16H,1-5H3/t9-,11+/m0/s1. The summed E-state index contributed by atoms with van der Waals surface area (Å²) in [7, 11) is 0. The van der Waals surface area contributed by atoms with Crippen LogP contribution in [-0.2, 0) is 9.53 Å². The molecule has 0 radical (unpaired) electrons. The van der Waals surface area contributed by atoms with E-state index in [-0.39, 0.29) is 5.92 Å². The lowest BCUT2D eigenvalue weighted by molar-refractivity contribution is -0.127. The fourth-order valence-electron chi connectivity index (χ4n) is 1.68. The SMILES string of the molecule is CC(C)[C@@H](O)[C@@H]1C=CC(=O)N1C(=O)OC(C)(C)C. The third kappa shape index (κ3) is 3.32. The van der Waals surface area contributed by atoms with E-state index in [9.17, 15) is 14.7 Å². The van der Waals surface area contributed by atoms with Crippen LogP contribution in [0, 0.1) is 5.92 Å². The van der Waals surface area contributed by atoms with Gasteiger partial charge in [0.2, 0.25) is 0 Å². The van der Waals surface area contributed by atoms with Crippen molar-refractivity contribution in [3.8, 4) is 0 Å². The molecule has 0 aromatic rings. The first-order chi connectivity index (χ1) is 8.13. The van der Waals surface area contributed by atoms with Crippen molar-refractivity contribution in [2.75, 3.05) is 0 Å². The predicted molar refractivity (Wildman–Crippen MR) is 66.9 cm³/mol. The molecule has 0 unspecified atom stereocenters. The smallest absolute Gasteiger partial charge is 0.417 e. The maximum Gasteiger partial charge on any atom is 0.417 e. The maximum absolute atomic E-state index is 11.9. The van der Waals surface area contributed by atoms with Crippen molar-refractivity contribution < 1.29 is 19.4 Å². The van der Waals surface area contributed by atoms with Gasteiger partial charge in [0.1, 0.15) is 5.60 Å². The second-order valence-corrected chi connectivity index (χ2v) is 5.77. The molecule has 0 aromatic heterocycles. The molecule has 0 spiro atoms. The summed E-state index contributed by atoms with van der Waals surface area (Å²) in [6, 6.07) is -0.646. The number of carbonyl (C=O) groups excluding carboxylic acids is 2. The van der Waals surface area contributed by atoms with E-state index in [0.29, 0.717) is 0 Å². The van der Waals surface area contributed by atoms with E-state index in [0.717, 1.165) is 4.90 Å². The summed E-state index contributed by atoms with van der Waals surface area (Å²) in [5.74, 6) is -0.510. The van der Waals surface area contributed by atoms with Crippen LogP contribution in [0.15, 0.2) is 12.2 Å². The van der Waals surface area contributed by atoms with Gasteiger partial charge in [-0.1, -0.05) is 19.9 Å². The molecular weight excluding hydrogens is 234 g/mol. The Morgan fingerprint density at radius 3 is 2.44 bits per heavy atom. The van der Waals surface area contributed by atoms with Crippen LogP contribution in [-0.4, -0.2) is 39.8 Å². The lowest BCUT2D eigenvalue weighted by atomic mass is 10.00. The summed E-state index contributed by atoms with van der Waals surface area (Å²) >= 11 is 0. The fourth-order valence-corrected chi connectivity index (χ4v) is 1.68. The van der Waals surface area contributed by atoms with E-state index in [1.165, 1.54) is 12.2 Å². The van der Waals surface area contributed by atoms with Gasteiger partial charge < -0.3 is 9.84 Å². The Hall–Kier alpha value is -1.36. The molecule has 0 aliphatic carbocycles. The number of aliphatic hydroxyl groups is 1. The molecule has 0 saturated heterocycles. The van der Waals surface area contributed by atoms with Gasteiger partial charge in [0.25, 0.3) is 5.91 Å². The molecule has 1 rings (SSSR count). The molecule has 102 valence electrons. The van der Waals surface area contributed by atoms with Crippen molar-refractivity contribution in [3.63, 3.8) is 0 Å². The molecule has 1 aliphatic rings. The summed E-state index contributed by atoms with van der Waals surface area (Å²) in [6.45, 7) is 8.84. The van der Waals surface area contributed by atoms with Gasteiger partial charge in [-0.05, 0) is 26.7 Å².